The number of hydrogen-bond acceptors (Lipinski definition) is 5. The Kier molecular flexibility index (Phi) is 4.67. The summed E-state index contributed by atoms with van der Waals surface area (Å²) in [4.78, 5) is 19.3. The van der Waals surface area contributed by atoms with Crippen molar-refractivity contribution in [2.45, 2.75) is 39.7 Å². The molecular formula is C18H25N3O2S. The normalized spacial score (nSPS) is 18.7. The Bertz CT molecular complexity index is 735. The Balaban J connectivity index is 1.73. The summed E-state index contributed by atoms with van der Waals surface area (Å²) in [5, 5.41) is 4.21. The summed E-state index contributed by atoms with van der Waals surface area (Å²) in [5.41, 5.74) is 0.615. The van der Waals surface area contributed by atoms with Crippen LogP contribution in [-0.2, 0) is 4.79 Å². The third-order valence-corrected chi connectivity index (χ3v) is 5.39. The van der Waals surface area contributed by atoms with E-state index in [2.05, 4.69) is 16.3 Å². The highest BCUT2D eigenvalue weighted by Gasteiger charge is 2.28. The second-order valence-corrected chi connectivity index (χ2v) is 8.35. The van der Waals surface area contributed by atoms with Gasteiger partial charge in [-0.1, -0.05) is 32.1 Å². The van der Waals surface area contributed by atoms with E-state index in [0.29, 0.717) is 0 Å². The van der Waals surface area contributed by atoms with E-state index in [0.717, 1.165) is 47.0 Å². The van der Waals surface area contributed by atoms with Gasteiger partial charge >= 0.3 is 0 Å². The van der Waals surface area contributed by atoms with Gasteiger partial charge in [-0.3, -0.25) is 4.79 Å². The first-order valence-electron chi connectivity index (χ1n) is 8.37. The summed E-state index contributed by atoms with van der Waals surface area (Å²) >= 11 is 1.70. The van der Waals surface area contributed by atoms with Crippen LogP contribution in [0, 0.1) is 5.41 Å². The van der Waals surface area contributed by atoms with Crippen LogP contribution in [0.2, 0.25) is 0 Å². The Morgan fingerprint density at radius 1 is 1.42 bits per heavy atom. The van der Waals surface area contributed by atoms with Gasteiger partial charge in [0.25, 0.3) is 0 Å². The summed E-state index contributed by atoms with van der Waals surface area (Å²) in [6, 6.07) is 6.18. The molecule has 1 aliphatic heterocycles. The first-order chi connectivity index (χ1) is 11.4. The molecule has 0 saturated carbocycles. The second kappa shape index (κ2) is 6.59. The number of amides is 1. The second-order valence-electron chi connectivity index (χ2n) is 7.34. The number of carbonyl (C=O) groups is 1. The zero-order valence-electron chi connectivity index (χ0n) is 14.8. The summed E-state index contributed by atoms with van der Waals surface area (Å²) in [6.07, 6.45) is 2.09. The maximum absolute atomic E-state index is 12.2. The Morgan fingerprint density at radius 2 is 2.21 bits per heavy atom. The minimum absolute atomic E-state index is 0.114. The van der Waals surface area contributed by atoms with Gasteiger partial charge in [-0.25, -0.2) is 4.98 Å². The standard InChI is InChI=1S/C18H25N3O2S/c1-18(2,3)16(22)19-12-6-5-9-21(11-12)17-20-14-10-13(23-4)7-8-15(14)24-17/h7-8,10,12H,5-6,9,11H2,1-4H3,(H,19,22). The number of methoxy groups -OCH3 is 1. The van der Waals surface area contributed by atoms with Gasteiger partial charge in [-0.15, -0.1) is 0 Å². The molecule has 24 heavy (non-hydrogen) atoms. The molecule has 1 N–H and O–H groups in total. The van der Waals surface area contributed by atoms with Crippen molar-refractivity contribution in [1.29, 1.82) is 0 Å². The predicted octanol–water partition coefficient (Wildman–Crippen LogP) is 3.44. The van der Waals surface area contributed by atoms with Gasteiger partial charge in [-0.05, 0) is 25.0 Å². The molecule has 1 saturated heterocycles. The van der Waals surface area contributed by atoms with Crippen molar-refractivity contribution in [1.82, 2.24) is 10.3 Å². The summed E-state index contributed by atoms with van der Waals surface area (Å²) in [7, 11) is 1.67. The molecule has 1 aromatic carbocycles. The van der Waals surface area contributed by atoms with Gasteiger partial charge in [0.1, 0.15) is 5.75 Å². The number of carbonyl (C=O) groups excluding carboxylic acids is 1. The van der Waals surface area contributed by atoms with Gasteiger partial charge in [0, 0.05) is 30.6 Å². The fraction of sp³-hybridized carbons (Fsp3) is 0.556. The Morgan fingerprint density at radius 3 is 2.92 bits per heavy atom. The van der Waals surface area contributed by atoms with Crippen molar-refractivity contribution >= 4 is 32.6 Å². The first-order valence-corrected chi connectivity index (χ1v) is 9.19. The molecule has 130 valence electrons. The number of piperidine rings is 1. The van der Waals surface area contributed by atoms with Crippen LogP contribution in [0.5, 0.6) is 5.75 Å². The minimum atomic E-state index is -0.352. The number of anilines is 1. The van der Waals surface area contributed by atoms with Crippen LogP contribution in [0.25, 0.3) is 10.2 Å². The molecule has 0 aliphatic carbocycles. The van der Waals surface area contributed by atoms with Crippen LogP contribution in [0.3, 0.4) is 0 Å². The van der Waals surface area contributed by atoms with Crippen molar-refractivity contribution in [3.63, 3.8) is 0 Å². The number of benzene rings is 1. The van der Waals surface area contributed by atoms with Crippen LogP contribution >= 0.6 is 11.3 Å². The predicted molar refractivity (Wildman–Crippen MR) is 99.0 cm³/mol. The lowest BCUT2D eigenvalue weighted by molar-refractivity contribution is -0.129. The SMILES string of the molecule is COc1ccc2sc(N3CCCC(NC(=O)C(C)(C)C)C3)nc2c1. The lowest BCUT2D eigenvalue weighted by Gasteiger charge is -2.34. The Hall–Kier alpha value is -1.82. The van der Waals surface area contributed by atoms with E-state index in [1.165, 1.54) is 0 Å². The molecule has 5 nitrogen and oxygen atoms in total. The van der Waals surface area contributed by atoms with Gasteiger partial charge in [0.05, 0.1) is 17.3 Å². The number of thiazole rings is 1. The molecule has 1 fully saturated rings. The third kappa shape index (κ3) is 3.64. The fourth-order valence-electron chi connectivity index (χ4n) is 2.83. The Labute approximate surface area is 147 Å². The number of rotatable bonds is 3. The highest BCUT2D eigenvalue weighted by Crippen LogP contribution is 2.32. The van der Waals surface area contributed by atoms with Gasteiger partial charge in [0.15, 0.2) is 5.13 Å². The zero-order valence-corrected chi connectivity index (χ0v) is 15.6. The van der Waals surface area contributed by atoms with E-state index < -0.39 is 0 Å². The van der Waals surface area contributed by atoms with Crippen LogP contribution in [0.4, 0.5) is 5.13 Å². The third-order valence-electron chi connectivity index (χ3n) is 4.29. The number of fused-ring (bicyclic) bond motifs is 1. The van der Waals surface area contributed by atoms with E-state index in [1.807, 2.05) is 32.9 Å². The summed E-state index contributed by atoms with van der Waals surface area (Å²) < 4.78 is 6.43. The van der Waals surface area contributed by atoms with Crippen molar-refractivity contribution in [2.75, 3.05) is 25.1 Å². The number of nitrogens with zero attached hydrogens (tertiary/aromatic N) is 2. The topological polar surface area (TPSA) is 54.5 Å². The zero-order chi connectivity index (χ0) is 17.3. The van der Waals surface area contributed by atoms with Crippen molar-refractivity contribution < 1.29 is 9.53 Å². The van der Waals surface area contributed by atoms with Gasteiger partial charge in [0.2, 0.25) is 5.91 Å². The fourth-order valence-corrected chi connectivity index (χ4v) is 3.81. The van der Waals surface area contributed by atoms with Gasteiger partial charge in [-0.2, -0.15) is 0 Å². The maximum Gasteiger partial charge on any atom is 0.225 e. The molecule has 6 heteroatoms. The molecular weight excluding hydrogens is 322 g/mol. The monoisotopic (exact) mass is 347 g/mol. The minimum Gasteiger partial charge on any atom is -0.497 e. The number of nitrogens with one attached hydrogen (secondary N) is 1. The van der Waals surface area contributed by atoms with Crippen molar-refractivity contribution in [3.05, 3.63) is 18.2 Å². The largest absolute Gasteiger partial charge is 0.497 e. The van der Waals surface area contributed by atoms with Gasteiger partial charge < -0.3 is 15.0 Å². The quantitative estimate of drug-likeness (QED) is 0.924. The molecule has 1 atom stereocenters. The maximum atomic E-state index is 12.2. The highest BCUT2D eigenvalue weighted by molar-refractivity contribution is 7.22. The molecule has 0 bridgehead atoms. The average molecular weight is 347 g/mol. The van der Waals surface area contributed by atoms with Crippen LogP contribution in [0.1, 0.15) is 33.6 Å². The lowest BCUT2D eigenvalue weighted by atomic mass is 9.94. The lowest BCUT2D eigenvalue weighted by Crippen LogP contribution is -2.50. The number of hydrogen-bond donors (Lipinski definition) is 1. The van der Waals surface area contributed by atoms with Crippen molar-refractivity contribution in [2.24, 2.45) is 5.41 Å². The van der Waals surface area contributed by atoms with E-state index in [9.17, 15) is 4.79 Å². The number of ether oxygens (including phenoxy) is 1. The average Bonchev–Trinajstić information content (AvgIpc) is 2.97. The summed E-state index contributed by atoms with van der Waals surface area (Å²) in [6.45, 7) is 7.65. The smallest absolute Gasteiger partial charge is 0.225 e. The van der Waals surface area contributed by atoms with E-state index in [-0.39, 0.29) is 17.4 Å². The first kappa shape index (κ1) is 17.0. The molecule has 2 aromatic rings. The molecule has 3 rings (SSSR count). The molecule has 1 aromatic heterocycles. The molecule has 0 radical (unpaired) electrons. The van der Waals surface area contributed by atoms with Crippen LogP contribution < -0.4 is 15.0 Å². The number of aromatic nitrogens is 1. The highest BCUT2D eigenvalue weighted by atomic mass is 32.1. The van der Waals surface area contributed by atoms with E-state index >= 15 is 0 Å². The molecule has 1 amide bonds. The molecule has 2 heterocycles. The van der Waals surface area contributed by atoms with E-state index in [1.54, 1.807) is 18.4 Å². The van der Waals surface area contributed by atoms with Crippen LogP contribution in [0.15, 0.2) is 18.2 Å². The summed E-state index contributed by atoms with van der Waals surface area (Å²) in [5.74, 6) is 0.941. The van der Waals surface area contributed by atoms with Crippen LogP contribution in [-0.4, -0.2) is 37.1 Å². The molecule has 0 spiro atoms. The van der Waals surface area contributed by atoms with E-state index in [4.69, 9.17) is 9.72 Å². The molecule has 1 unspecified atom stereocenters. The molecule has 1 aliphatic rings. The van der Waals surface area contributed by atoms with Crippen molar-refractivity contribution in [3.8, 4) is 5.75 Å².